The van der Waals surface area contributed by atoms with Crippen molar-refractivity contribution in [3.8, 4) is 5.75 Å². The Balaban J connectivity index is 1.62. The number of carbonyl (C=O) groups is 1. The summed E-state index contributed by atoms with van der Waals surface area (Å²) in [4.78, 5) is 14.6. The maximum atomic E-state index is 12.4. The summed E-state index contributed by atoms with van der Waals surface area (Å²) < 4.78 is 7.87. The molecule has 0 aliphatic carbocycles. The third kappa shape index (κ3) is 5.90. The molecule has 0 bridgehead atoms. The standard InChI is InChI=1S/C23H29ClN4O2/c1-16(2)15-30-19-6-7-21(20(24)14-19)26-23(29)25-18-5-8-22-17(13-18)9-10-28(22)12-11-27(3)4/h5-10,13-14,16H,11-12,15H2,1-4H3,(H2,25,26,29). The smallest absolute Gasteiger partial charge is 0.323 e. The fourth-order valence-corrected chi connectivity index (χ4v) is 3.23. The summed E-state index contributed by atoms with van der Waals surface area (Å²) in [5, 5.41) is 7.17. The molecule has 3 rings (SSSR count). The second-order valence-corrected chi connectivity index (χ2v) is 8.42. The van der Waals surface area contributed by atoms with Gasteiger partial charge >= 0.3 is 6.03 Å². The van der Waals surface area contributed by atoms with E-state index < -0.39 is 0 Å². The molecule has 0 saturated heterocycles. The summed E-state index contributed by atoms with van der Waals surface area (Å²) in [5.41, 5.74) is 2.39. The Morgan fingerprint density at radius 2 is 1.93 bits per heavy atom. The molecule has 2 N–H and O–H groups in total. The minimum Gasteiger partial charge on any atom is -0.493 e. The highest BCUT2D eigenvalue weighted by Gasteiger charge is 2.09. The molecule has 2 amide bonds. The molecule has 1 heterocycles. The van der Waals surface area contributed by atoms with Crippen LogP contribution in [0.5, 0.6) is 5.75 Å². The molecule has 0 saturated carbocycles. The van der Waals surface area contributed by atoms with E-state index in [9.17, 15) is 4.79 Å². The number of carbonyl (C=O) groups excluding carboxylic acids is 1. The lowest BCUT2D eigenvalue weighted by atomic mass is 10.2. The fraction of sp³-hybridized carbons (Fsp3) is 0.348. The zero-order chi connectivity index (χ0) is 21.7. The Labute approximate surface area is 182 Å². The largest absolute Gasteiger partial charge is 0.493 e. The summed E-state index contributed by atoms with van der Waals surface area (Å²) in [6.07, 6.45) is 2.07. The van der Waals surface area contributed by atoms with Crippen molar-refractivity contribution in [1.82, 2.24) is 9.47 Å². The molecule has 0 atom stereocenters. The number of hydrogen-bond acceptors (Lipinski definition) is 3. The van der Waals surface area contributed by atoms with Crippen LogP contribution < -0.4 is 15.4 Å². The van der Waals surface area contributed by atoms with E-state index in [1.54, 1.807) is 18.2 Å². The zero-order valence-corrected chi connectivity index (χ0v) is 18.7. The minimum atomic E-state index is -0.348. The summed E-state index contributed by atoms with van der Waals surface area (Å²) in [6.45, 7) is 6.66. The number of hydrogen-bond donors (Lipinski definition) is 2. The lowest BCUT2D eigenvalue weighted by molar-refractivity contribution is 0.262. The number of rotatable bonds is 8. The molecule has 30 heavy (non-hydrogen) atoms. The normalized spacial score (nSPS) is 11.3. The van der Waals surface area contributed by atoms with Crippen LogP contribution in [0, 0.1) is 5.92 Å². The van der Waals surface area contributed by atoms with E-state index in [-0.39, 0.29) is 6.03 Å². The number of halogens is 1. The molecule has 6 nitrogen and oxygen atoms in total. The monoisotopic (exact) mass is 428 g/mol. The predicted molar refractivity (Wildman–Crippen MR) is 125 cm³/mol. The van der Waals surface area contributed by atoms with Crippen LogP contribution in [0.15, 0.2) is 48.7 Å². The molecule has 2 aromatic carbocycles. The number of likely N-dealkylation sites (N-methyl/N-ethyl adjacent to an activating group) is 1. The Bertz CT molecular complexity index is 1010. The van der Waals surface area contributed by atoms with Crippen molar-refractivity contribution in [3.05, 3.63) is 53.7 Å². The minimum absolute atomic E-state index is 0.348. The maximum absolute atomic E-state index is 12.4. The van der Waals surface area contributed by atoms with Gasteiger partial charge in [0.15, 0.2) is 0 Å². The van der Waals surface area contributed by atoms with Crippen LogP contribution in [-0.4, -0.2) is 42.7 Å². The maximum Gasteiger partial charge on any atom is 0.323 e. The predicted octanol–water partition coefficient (Wildman–Crippen LogP) is 5.54. The molecule has 160 valence electrons. The molecule has 7 heteroatoms. The van der Waals surface area contributed by atoms with Crippen molar-refractivity contribution in [2.75, 3.05) is 37.9 Å². The highest BCUT2D eigenvalue weighted by atomic mass is 35.5. The van der Waals surface area contributed by atoms with Gasteiger partial charge in [0.25, 0.3) is 0 Å². The number of benzene rings is 2. The van der Waals surface area contributed by atoms with Gasteiger partial charge in [0.05, 0.1) is 17.3 Å². The molecule has 1 aromatic heterocycles. The third-order valence-corrected chi connectivity index (χ3v) is 4.90. The van der Waals surface area contributed by atoms with Gasteiger partial charge in [-0.05, 0) is 56.4 Å². The van der Waals surface area contributed by atoms with Crippen LogP contribution in [0.1, 0.15) is 13.8 Å². The molecule has 0 unspecified atom stereocenters. The first-order valence-electron chi connectivity index (χ1n) is 10.1. The number of fused-ring (bicyclic) bond motifs is 1. The van der Waals surface area contributed by atoms with Gasteiger partial charge in [-0.3, -0.25) is 0 Å². The van der Waals surface area contributed by atoms with Crippen LogP contribution >= 0.6 is 11.6 Å². The first kappa shape index (κ1) is 22.0. The summed E-state index contributed by atoms with van der Waals surface area (Å²) >= 11 is 6.30. The van der Waals surface area contributed by atoms with E-state index in [1.165, 1.54) is 0 Å². The van der Waals surface area contributed by atoms with Gasteiger partial charge in [-0.15, -0.1) is 0 Å². The van der Waals surface area contributed by atoms with E-state index >= 15 is 0 Å². The number of urea groups is 1. The third-order valence-electron chi connectivity index (χ3n) is 4.59. The second kappa shape index (κ2) is 9.87. The van der Waals surface area contributed by atoms with E-state index in [0.717, 1.165) is 29.7 Å². The highest BCUT2D eigenvalue weighted by molar-refractivity contribution is 6.34. The Morgan fingerprint density at radius 1 is 1.13 bits per heavy atom. The van der Waals surface area contributed by atoms with Crippen LogP contribution in [-0.2, 0) is 6.54 Å². The Morgan fingerprint density at radius 3 is 2.63 bits per heavy atom. The van der Waals surface area contributed by atoms with E-state index in [4.69, 9.17) is 16.3 Å². The highest BCUT2D eigenvalue weighted by Crippen LogP contribution is 2.27. The van der Waals surface area contributed by atoms with Gasteiger partial charge in [-0.25, -0.2) is 4.79 Å². The van der Waals surface area contributed by atoms with Gasteiger partial charge in [0.1, 0.15) is 5.75 Å². The average Bonchev–Trinajstić information content (AvgIpc) is 3.08. The van der Waals surface area contributed by atoms with Crippen LogP contribution in [0.25, 0.3) is 10.9 Å². The number of nitrogens with zero attached hydrogens (tertiary/aromatic N) is 2. The summed E-state index contributed by atoms with van der Waals surface area (Å²) in [6, 6.07) is 12.8. The number of anilines is 2. The average molecular weight is 429 g/mol. The van der Waals surface area contributed by atoms with Crippen molar-refractivity contribution in [2.24, 2.45) is 5.92 Å². The zero-order valence-electron chi connectivity index (χ0n) is 17.9. The van der Waals surface area contributed by atoms with Gasteiger partial charge in [0.2, 0.25) is 0 Å². The molecule has 0 radical (unpaired) electrons. The van der Waals surface area contributed by atoms with Crippen molar-refractivity contribution in [1.29, 1.82) is 0 Å². The number of nitrogens with one attached hydrogen (secondary N) is 2. The van der Waals surface area contributed by atoms with Crippen LogP contribution in [0.4, 0.5) is 16.2 Å². The summed E-state index contributed by atoms with van der Waals surface area (Å²) in [7, 11) is 4.12. The van der Waals surface area contributed by atoms with E-state index in [1.807, 2.05) is 18.2 Å². The van der Waals surface area contributed by atoms with Crippen molar-refractivity contribution in [3.63, 3.8) is 0 Å². The van der Waals surface area contributed by atoms with Crippen molar-refractivity contribution >= 4 is 39.9 Å². The molecule has 0 aliphatic rings. The van der Waals surface area contributed by atoms with Gasteiger partial charge in [0, 0.05) is 41.9 Å². The molecular weight excluding hydrogens is 400 g/mol. The number of aromatic nitrogens is 1. The molecule has 0 aliphatic heterocycles. The first-order chi connectivity index (χ1) is 14.3. The number of ether oxygens (including phenoxy) is 1. The molecule has 0 fully saturated rings. The molecule has 0 spiro atoms. The van der Waals surface area contributed by atoms with Gasteiger partial charge in [-0.1, -0.05) is 25.4 Å². The van der Waals surface area contributed by atoms with Crippen molar-refractivity contribution < 1.29 is 9.53 Å². The quantitative estimate of drug-likeness (QED) is 0.495. The van der Waals surface area contributed by atoms with Crippen LogP contribution in [0.3, 0.4) is 0 Å². The lowest BCUT2D eigenvalue weighted by Crippen LogP contribution is -2.19. The number of amides is 2. The van der Waals surface area contributed by atoms with Crippen molar-refractivity contribution in [2.45, 2.75) is 20.4 Å². The fourth-order valence-electron chi connectivity index (χ4n) is 3.02. The first-order valence-corrected chi connectivity index (χ1v) is 10.4. The lowest BCUT2D eigenvalue weighted by Gasteiger charge is -2.13. The van der Waals surface area contributed by atoms with Gasteiger partial charge < -0.3 is 24.8 Å². The second-order valence-electron chi connectivity index (χ2n) is 8.01. The van der Waals surface area contributed by atoms with Gasteiger partial charge in [-0.2, -0.15) is 0 Å². The topological polar surface area (TPSA) is 58.5 Å². The SMILES string of the molecule is CC(C)COc1ccc(NC(=O)Nc2ccc3c(ccn3CCN(C)C)c2)c(Cl)c1. The molecule has 3 aromatic rings. The van der Waals surface area contributed by atoms with Crippen LogP contribution in [0.2, 0.25) is 5.02 Å². The Kier molecular flexibility index (Phi) is 7.24. The summed E-state index contributed by atoms with van der Waals surface area (Å²) in [5.74, 6) is 1.11. The van der Waals surface area contributed by atoms with E-state index in [0.29, 0.717) is 29.0 Å². The molecular formula is C23H29ClN4O2. The Hall–Kier alpha value is -2.70. The van der Waals surface area contributed by atoms with E-state index in [2.05, 4.69) is 60.3 Å².